The van der Waals surface area contributed by atoms with Gasteiger partial charge in [-0.25, -0.2) is 0 Å². The predicted molar refractivity (Wildman–Crippen MR) is 68.6 cm³/mol. The first-order valence-corrected chi connectivity index (χ1v) is 6.83. The molecule has 92 valence electrons. The summed E-state index contributed by atoms with van der Waals surface area (Å²) >= 11 is 0. The van der Waals surface area contributed by atoms with Gasteiger partial charge in [0.25, 0.3) is 0 Å². The first kappa shape index (κ1) is 11.2. The standard InChI is InChI=1S/C15H22NO/c17-15-11-16(12-15)8-6-14(7-9-16)10-13-4-2-1-3-5-13/h1-5,14-15,17H,6-12H2/q+1. The van der Waals surface area contributed by atoms with Crippen LogP contribution in [-0.2, 0) is 6.42 Å². The van der Waals surface area contributed by atoms with Gasteiger partial charge in [-0.1, -0.05) is 30.3 Å². The summed E-state index contributed by atoms with van der Waals surface area (Å²) in [5.41, 5.74) is 1.48. The van der Waals surface area contributed by atoms with E-state index in [-0.39, 0.29) is 6.10 Å². The quantitative estimate of drug-likeness (QED) is 0.771. The maximum atomic E-state index is 9.45. The number of benzene rings is 1. The molecule has 17 heavy (non-hydrogen) atoms. The Balaban J connectivity index is 1.52. The van der Waals surface area contributed by atoms with Crippen LogP contribution in [0, 0.1) is 5.92 Å². The fraction of sp³-hybridized carbons (Fsp3) is 0.600. The molecule has 1 spiro atoms. The molecule has 1 N–H and O–H groups in total. The van der Waals surface area contributed by atoms with Crippen molar-refractivity contribution in [2.75, 3.05) is 26.2 Å². The van der Waals surface area contributed by atoms with Gasteiger partial charge in [-0.05, 0) is 30.7 Å². The molecule has 0 aromatic heterocycles. The van der Waals surface area contributed by atoms with Gasteiger partial charge in [0.1, 0.15) is 13.1 Å². The zero-order chi connectivity index (χ0) is 11.7. The Morgan fingerprint density at radius 1 is 1.06 bits per heavy atom. The molecule has 1 aromatic carbocycles. The Hall–Kier alpha value is -0.860. The molecule has 3 rings (SSSR count). The Kier molecular flexibility index (Phi) is 2.93. The number of piperidine rings is 1. The summed E-state index contributed by atoms with van der Waals surface area (Å²) in [5, 5.41) is 9.45. The SMILES string of the molecule is OC1C[N+]2(CCC(Cc3ccccc3)CC2)C1. The van der Waals surface area contributed by atoms with Crippen molar-refractivity contribution in [2.24, 2.45) is 5.92 Å². The van der Waals surface area contributed by atoms with E-state index in [1.165, 1.54) is 42.4 Å². The van der Waals surface area contributed by atoms with Crippen molar-refractivity contribution in [3.63, 3.8) is 0 Å². The summed E-state index contributed by atoms with van der Waals surface area (Å²) < 4.78 is 1.20. The molecule has 2 aliphatic heterocycles. The van der Waals surface area contributed by atoms with Crippen LogP contribution < -0.4 is 0 Å². The summed E-state index contributed by atoms with van der Waals surface area (Å²) in [6.45, 7) is 4.60. The average Bonchev–Trinajstić information content (AvgIpc) is 2.32. The monoisotopic (exact) mass is 232 g/mol. The van der Waals surface area contributed by atoms with Gasteiger partial charge in [-0.15, -0.1) is 0 Å². The third-order valence-electron chi connectivity index (χ3n) is 4.59. The number of hydrogen-bond acceptors (Lipinski definition) is 1. The van der Waals surface area contributed by atoms with E-state index < -0.39 is 0 Å². The normalized spacial score (nSPS) is 36.8. The maximum absolute atomic E-state index is 9.45. The fourth-order valence-electron chi connectivity index (χ4n) is 3.53. The van der Waals surface area contributed by atoms with Gasteiger partial charge in [-0.2, -0.15) is 0 Å². The molecule has 2 aliphatic rings. The van der Waals surface area contributed by atoms with Crippen LogP contribution >= 0.6 is 0 Å². The first-order chi connectivity index (χ1) is 8.26. The van der Waals surface area contributed by atoms with Crippen LogP contribution in [0.3, 0.4) is 0 Å². The Labute approximate surface area is 103 Å². The molecule has 2 fully saturated rings. The predicted octanol–water partition coefficient (Wildman–Crippen LogP) is 1.83. The van der Waals surface area contributed by atoms with Gasteiger partial charge >= 0.3 is 0 Å². The third kappa shape index (κ3) is 2.38. The lowest BCUT2D eigenvalue weighted by atomic mass is 9.86. The van der Waals surface area contributed by atoms with Gasteiger partial charge in [0.2, 0.25) is 0 Å². The van der Waals surface area contributed by atoms with Gasteiger partial charge < -0.3 is 9.59 Å². The second-order valence-electron chi connectivity index (χ2n) is 5.94. The van der Waals surface area contributed by atoms with Gasteiger partial charge in [-0.3, -0.25) is 0 Å². The molecule has 2 heteroatoms. The fourth-order valence-corrected chi connectivity index (χ4v) is 3.53. The topological polar surface area (TPSA) is 20.2 Å². The molecule has 0 saturated carbocycles. The van der Waals surface area contributed by atoms with Crippen molar-refractivity contribution in [3.8, 4) is 0 Å². The van der Waals surface area contributed by atoms with E-state index in [9.17, 15) is 5.11 Å². The van der Waals surface area contributed by atoms with E-state index in [1.807, 2.05) is 0 Å². The zero-order valence-corrected chi connectivity index (χ0v) is 10.4. The molecule has 2 heterocycles. The summed E-state index contributed by atoms with van der Waals surface area (Å²) in [6, 6.07) is 10.8. The Morgan fingerprint density at radius 2 is 1.71 bits per heavy atom. The molecule has 2 nitrogen and oxygen atoms in total. The maximum Gasteiger partial charge on any atom is 0.152 e. The van der Waals surface area contributed by atoms with Crippen LogP contribution in [-0.4, -0.2) is 41.9 Å². The van der Waals surface area contributed by atoms with Crippen LogP contribution in [0.1, 0.15) is 18.4 Å². The molecule has 0 unspecified atom stereocenters. The highest BCUT2D eigenvalue weighted by atomic mass is 16.3. The number of rotatable bonds is 2. The molecule has 0 aliphatic carbocycles. The van der Waals surface area contributed by atoms with Crippen LogP contribution in [0.15, 0.2) is 30.3 Å². The Morgan fingerprint density at radius 3 is 2.29 bits per heavy atom. The minimum atomic E-state index is -0.0133. The number of nitrogens with zero attached hydrogens (tertiary/aromatic N) is 1. The lowest BCUT2D eigenvalue weighted by Gasteiger charge is -2.52. The summed E-state index contributed by atoms with van der Waals surface area (Å²) in [6.07, 6.45) is 3.90. The molecule has 1 aromatic rings. The number of aliphatic hydroxyl groups is 1. The van der Waals surface area contributed by atoms with E-state index in [4.69, 9.17) is 0 Å². The van der Waals surface area contributed by atoms with Gasteiger partial charge in [0, 0.05) is 0 Å². The molecule has 0 bridgehead atoms. The molecular formula is C15H22NO+. The highest BCUT2D eigenvalue weighted by molar-refractivity contribution is 5.15. The smallest absolute Gasteiger partial charge is 0.152 e. The lowest BCUT2D eigenvalue weighted by molar-refractivity contribution is -0.977. The van der Waals surface area contributed by atoms with Crippen molar-refractivity contribution in [2.45, 2.75) is 25.4 Å². The lowest BCUT2D eigenvalue weighted by Crippen LogP contribution is -2.68. The highest BCUT2D eigenvalue weighted by Gasteiger charge is 2.45. The molecule has 0 atom stereocenters. The summed E-state index contributed by atoms with van der Waals surface area (Å²) in [4.78, 5) is 0. The molecular weight excluding hydrogens is 210 g/mol. The van der Waals surface area contributed by atoms with E-state index >= 15 is 0 Å². The van der Waals surface area contributed by atoms with E-state index in [1.54, 1.807) is 0 Å². The number of quaternary nitrogens is 1. The van der Waals surface area contributed by atoms with Crippen molar-refractivity contribution in [1.29, 1.82) is 0 Å². The van der Waals surface area contributed by atoms with Gasteiger partial charge in [0.05, 0.1) is 13.1 Å². The van der Waals surface area contributed by atoms with Crippen molar-refractivity contribution < 1.29 is 9.59 Å². The first-order valence-electron chi connectivity index (χ1n) is 6.83. The van der Waals surface area contributed by atoms with Crippen molar-refractivity contribution >= 4 is 0 Å². The second kappa shape index (κ2) is 4.43. The van der Waals surface area contributed by atoms with Crippen molar-refractivity contribution in [1.82, 2.24) is 0 Å². The summed E-state index contributed by atoms with van der Waals surface area (Å²) in [7, 11) is 0. The van der Waals surface area contributed by atoms with Crippen LogP contribution in [0.5, 0.6) is 0 Å². The highest BCUT2D eigenvalue weighted by Crippen LogP contribution is 2.31. The molecule has 0 radical (unpaired) electrons. The number of hydrogen-bond donors (Lipinski definition) is 1. The van der Waals surface area contributed by atoms with E-state index in [0.717, 1.165) is 19.0 Å². The van der Waals surface area contributed by atoms with Crippen molar-refractivity contribution in [3.05, 3.63) is 35.9 Å². The van der Waals surface area contributed by atoms with Crippen LogP contribution in [0.2, 0.25) is 0 Å². The molecule has 0 amide bonds. The second-order valence-corrected chi connectivity index (χ2v) is 5.94. The summed E-state index contributed by atoms with van der Waals surface area (Å²) in [5.74, 6) is 0.860. The van der Waals surface area contributed by atoms with Crippen LogP contribution in [0.4, 0.5) is 0 Å². The van der Waals surface area contributed by atoms with Crippen LogP contribution in [0.25, 0.3) is 0 Å². The van der Waals surface area contributed by atoms with E-state index in [0.29, 0.717) is 0 Å². The molecule has 2 saturated heterocycles. The number of aliphatic hydroxyl groups excluding tert-OH is 1. The Bertz CT molecular complexity index is 360. The average molecular weight is 232 g/mol. The third-order valence-corrected chi connectivity index (χ3v) is 4.59. The zero-order valence-electron chi connectivity index (χ0n) is 10.4. The largest absolute Gasteiger partial charge is 0.382 e. The van der Waals surface area contributed by atoms with Gasteiger partial charge in [0.15, 0.2) is 6.10 Å². The minimum Gasteiger partial charge on any atom is -0.382 e. The minimum absolute atomic E-state index is 0.0133. The van der Waals surface area contributed by atoms with E-state index in [2.05, 4.69) is 30.3 Å².